The van der Waals surface area contributed by atoms with Crippen LogP contribution in [0.2, 0.25) is 0 Å². The first-order chi connectivity index (χ1) is 7.43. The maximum atomic E-state index is 12.0. The Morgan fingerprint density at radius 1 is 1.38 bits per heavy atom. The third kappa shape index (κ3) is 3.54. The zero-order chi connectivity index (χ0) is 12.2. The van der Waals surface area contributed by atoms with Crippen LogP contribution in [0.3, 0.4) is 0 Å². The second-order valence-electron chi connectivity index (χ2n) is 3.19. The van der Waals surface area contributed by atoms with Crippen LogP contribution in [0.15, 0.2) is 24.3 Å². The molecule has 0 saturated heterocycles. The predicted molar refractivity (Wildman–Crippen MR) is 53.9 cm³/mol. The lowest BCUT2D eigenvalue weighted by atomic mass is 10.1. The van der Waals surface area contributed by atoms with Crippen molar-refractivity contribution in [2.75, 3.05) is 11.9 Å². The number of carbonyl (C=O) groups excluding carboxylic acids is 1. The van der Waals surface area contributed by atoms with Crippen molar-refractivity contribution in [1.29, 1.82) is 0 Å². The van der Waals surface area contributed by atoms with Gasteiger partial charge in [0.1, 0.15) is 0 Å². The molecule has 3 nitrogen and oxygen atoms in total. The van der Waals surface area contributed by atoms with Crippen molar-refractivity contribution in [3.05, 3.63) is 29.8 Å². The monoisotopic (exact) mass is 232 g/mol. The van der Waals surface area contributed by atoms with Gasteiger partial charge >= 0.3 is 12.1 Å². The lowest BCUT2D eigenvalue weighted by molar-refractivity contribution is -0.167. The fourth-order valence-electron chi connectivity index (χ4n) is 1.17. The van der Waals surface area contributed by atoms with Gasteiger partial charge in [0, 0.05) is 5.69 Å². The third-order valence-corrected chi connectivity index (χ3v) is 1.88. The van der Waals surface area contributed by atoms with Gasteiger partial charge in [0.15, 0.2) is 0 Å². The van der Waals surface area contributed by atoms with Crippen LogP contribution in [0.1, 0.15) is 5.56 Å². The maximum Gasteiger partial charge on any atom is 0.471 e. The highest BCUT2D eigenvalue weighted by Crippen LogP contribution is 2.18. The molecule has 1 amide bonds. The van der Waals surface area contributed by atoms with Gasteiger partial charge in [-0.25, -0.2) is 0 Å². The number of anilines is 1. The molecule has 0 aliphatic carbocycles. The Morgan fingerprint density at radius 2 is 2.06 bits per heavy atom. The number of halogens is 3. The first-order valence-electron chi connectivity index (χ1n) is 4.60. The molecule has 0 fully saturated rings. The van der Waals surface area contributed by atoms with Crippen molar-refractivity contribution < 1.29 is 18.0 Å². The smallest absolute Gasteiger partial charge is 0.330 e. The fraction of sp³-hybridized carbons (Fsp3) is 0.300. The van der Waals surface area contributed by atoms with E-state index in [0.717, 1.165) is 5.56 Å². The summed E-state index contributed by atoms with van der Waals surface area (Å²) in [4.78, 5) is 10.6. The second kappa shape index (κ2) is 4.98. The standard InChI is InChI=1S/C10H11F3N2O/c11-10(12,13)9(16)15-8-3-1-2-7(6-8)4-5-14/h1-3,6H,4-5,14H2,(H,15,16). The van der Waals surface area contributed by atoms with E-state index >= 15 is 0 Å². The van der Waals surface area contributed by atoms with Gasteiger partial charge in [-0.15, -0.1) is 0 Å². The third-order valence-electron chi connectivity index (χ3n) is 1.88. The minimum absolute atomic E-state index is 0.119. The number of benzene rings is 1. The minimum Gasteiger partial charge on any atom is -0.330 e. The molecule has 1 aromatic rings. The summed E-state index contributed by atoms with van der Waals surface area (Å²) in [6.45, 7) is 0.399. The summed E-state index contributed by atoms with van der Waals surface area (Å²) >= 11 is 0. The number of nitrogens with two attached hydrogens (primary N) is 1. The highest BCUT2D eigenvalue weighted by Gasteiger charge is 2.38. The van der Waals surface area contributed by atoms with Crippen molar-refractivity contribution in [3.63, 3.8) is 0 Å². The first kappa shape index (κ1) is 12.5. The molecule has 1 aromatic carbocycles. The summed E-state index contributed by atoms with van der Waals surface area (Å²) in [5.74, 6) is -1.97. The first-order valence-corrected chi connectivity index (χ1v) is 4.60. The van der Waals surface area contributed by atoms with Crippen LogP contribution in [0.25, 0.3) is 0 Å². The average Bonchev–Trinajstić information content (AvgIpc) is 2.17. The summed E-state index contributed by atoms with van der Waals surface area (Å²) < 4.78 is 35.9. The molecule has 0 aliphatic rings. The number of carbonyl (C=O) groups is 1. The van der Waals surface area contributed by atoms with Gasteiger partial charge in [-0.2, -0.15) is 13.2 Å². The van der Waals surface area contributed by atoms with Crippen molar-refractivity contribution in [2.24, 2.45) is 5.73 Å². The van der Waals surface area contributed by atoms with E-state index in [1.807, 2.05) is 0 Å². The van der Waals surface area contributed by atoms with Crippen LogP contribution < -0.4 is 11.1 Å². The molecule has 6 heteroatoms. The molecule has 0 aliphatic heterocycles. The molecule has 0 bridgehead atoms. The van der Waals surface area contributed by atoms with E-state index in [1.165, 1.54) is 12.1 Å². The molecule has 0 aromatic heterocycles. The molecule has 16 heavy (non-hydrogen) atoms. The molecular formula is C10H11F3N2O. The van der Waals surface area contributed by atoms with E-state index in [2.05, 4.69) is 0 Å². The van der Waals surface area contributed by atoms with Crippen LogP contribution in [0, 0.1) is 0 Å². The highest BCUT2D eigenvalue weighted by atomic mass is 19.4. The average molecular weight is 232 g/mol. The van der Waals surface area contributed by atoms with E-state index < -0.39 is 12.1 Å². The number of hydrogen-bond donors (Lipinski definition) is 2. The Balaban J connectivity index is 2.74. The van der Waals surface area contributed by atoms with E-state index in [4.69, 9.17) is 5.73 Å². The van der Waals surface area contributed by atoms with E-state index in [0.29, 0.717) is 13.0 Å². The van der Waals surface area contributed by atoms with E-state index in [9.17, 15) is 18.0 Å². The molecule has 88 valence electrons. The van der Waals surface area contributed by atoms with Gasteiger partial charge in [-0.3, -0.25) is 4.79 Å². The van der Waals surface area contributed by atoms with Crippen LogP contribution in [0.4, 0.5) is 18.9 Å². The molecule has 3 N–H and O–H groups in total. The Kier molecular flexibility index (Phi) is 3.89. The molecule has 1 rings (SSSR count). The van der Waals surface area contributed by atoms with E-state index in [-0.39, 0.29) is 5.69 Å². The Labute approximate surface area is 90.4 Å². The molecule has 0 radical (unpaired) electrons. The Morgan fingerprint density at radius 3 is 2.62 bits per heavy atom. The SMILES string of the molecule is NCCc1cccc(NC(=O)C(F)(F)F)c1. The normalized spacial score (nSPS) is 11.2. The molecule has 0 saturated carbocycles. The zero-order valence-corrected chi connectivity index (χ0v) is 8.34. The van der Waals surface area contributed by atoms with Gasteiger partial charge in [-0.05, 0) is 30.7 Å². The van der Waals surface area contributed by atoms with Crippen molar-refractivity contribution in [3.8, 4) is 0 Å². The summed E-state index contributed by atoms with van der Waals surface area (Å²) in [5.41, 5.74) is 6.21. The van der Waals surface area contributed by atoms with Gasteiger partial charge in [0.05, 0.1) is 0 Å². The summed E-state index contributed by atoms with van der Waals surface area (Å²) in [5, 5.41) is 1.78. The Hall–Kier alpha value is -1.56. The largest absolute Gasteiger partial charge is 0.471 e. The van der Waals surface area contributed by atoms with Gasteiger partial charge in [0.25, 0.3) is 0 Å². The number of rotatable bonds is 3. The topological polar surface area (TPSA) is 55.1 Å². The second-order valence-corrected chi connectivity index (χ2v) is 3.19. The van der Waals surface area contributed by atoms with Crippen LogP contribution in [-0.2, 0) is 11.2 Å². The summed E-state index contributed by atoms with van der Waals surface area (Å²) in [6, 6.07) is 6.16. The Bertz CT molecular complexity index is 377. The summed E-state index contributed by atoms with van der Waals surface area (Å²) in [6.07, 6.45) is -4.32. The van der Waals surface area contributed by atoms with Gasteiger partial charge < -0.3 is 11.1 Å². The lowest BCUT2D eigenvalue weighted by Crippen LogP contribution is -2.29. The van der Waals surface area contributed by atoms with Crippen molar-refractivity contribution >= 4 is 11.6 Å². The predicted octanol–water partition coefficient (Wildman–Crippen LogP) is 1.69. The highest BCUT2D eigenvalue weighted by molar-refractivity contribution is 5.94. The fourth-order valence-corrected chi connectivity index (χ4v) is 1.17. The lowest BCUT2D eigenvalue weighted by Gasteiger charge is -2.08. The van der Waals surface area contributed by atoms with Gasteiger partial charge in [0.2, 0.25) is 0 Å². The molecule has 0 heterocycles. The van der Waals surface area contributed by atoms with Crippen LogP contribution >= 0.6 is 0 Å². The molecule has 0 unspecified atom stereocenters. The van der Waals surface area contributed by atoms with Gasteiger partial charge in [-0.1, -0.05) is 12.1 Å². The number of nitrogens with one attached hydrogen (secondary N) is 1. The van der Waals surface area contributed by atoms with Crippen molar-refractivity contribution in [2.45, 2.75) is 12.6 Å². The number of alkyl halides is 3. The molecule has 0 atom stereocenters. The van der Waals surface area contributed by atoms with Crippen LogP contribution in [0.5, 0.6) is 0 Å². The quantitative estimate of drug-likeness (QED) is 0.833. The number of amides is 1. The summed E-state index contributed by atoms with van der Waals surface area (Å²) in [7, 11) is 0. The minimum atomic E-state index is -4.87. The number of hydrogen-bond acceptors (Lipinski definition) is 2. The molecule has 0 spiro atoms. The van der Waals surface area contributed by atoms with Crippen LogP contribution in [-0.4, -0.2) is 18.6 Å². The van der Waals surface area contributed by atoms with E-state index in [1.54, 1.807) is 17.4 Å². The maximum absolute atomic E-state index is 12.0. The zero-order valence-electron chi connectivity index (χ0n) is 8.34. The molecular weight excluding hydrogens is 221 g/mol. The van der Waals surface area contributed by atoms with Crippen molar-refractivity contribution in [1.82, 2.24) is 0 Å².